The number of ether oxygens (including phenoxy) is 2. The van der Waals surface area contributed by atoms with Gasteiger partial charge in [-0.2, -0.15) is 0 Å². The molecule has 0 aromatic heterocycles. The Kier molecular flexibility index (Phi) is 8.50. The zero-order chi connectivity index (χ0) is 27.0. The van der Waals surface area contributed by atoms with Crippen molar-refractivity contribution in [3.63, 3.8) is 0 Å². The standard InChI is InChI=1S/C31H50O6/c1-6-7-8-9-22-10-11-24(17-22)29(4)14-13-26(33)30(5)28(29)25(37-21(3)32)16-20(2)31(30,35)15-12-23-18-27(34)36-19-23/h18,20,22,24-26,28,33,35H,6-17,19H2,1-5H3. The van der Waals surface area contributed by atoms with Crippen LogP contribution in [-0.2, 0) is 19.1 Å². The van der Waals surface area contributed by atoms with E-state index < -0.39 is 17.1 Å². The molecule has 0 aromatic carbocycles. The van der Waals surface area contributed by atoms with E-state index in [9.17, 15) is 19.8 Å². The Labute approximate surface area is 223 Å². The van der Waals surface area contributed by atoms with Crippen molar-refractivity contribution in [2.24, 2.45) is 34.5 Å². The van der Waals surface area contributed by atoms with Crippen molar-refractivity contribution in [2.45, 2.75) is 129 Å². The van der Waals surface area contributed by atoms with Gasteiger partial charge in [-0.15, -0.1) is 0 Å². The van der Waals surface area contributed by atoms with Gasteiger partial charge < -0.3 is 19.7 Å². The molecule has 2 N–H and O–H groups in total. The van der Waals surface area contributed by atoms with Crippen LogP contribution in [0, 0.1) is 34.5 Å². The average molecular weight is 519 g/mol. The monoisotopic (exact) mass is 518 g/mol. The molecule has 9 unspecified atom stereocenters. The largest absolute Gasteiger partial charge is 0.462 e. The van der Waals surface area contributed by atoms with Crippen molar-refractivity contribution in [1.82, 2.24) is 0 Å². The Morgan fingerprint density at radius 2 is 1.95 bits per heavy atom. The number of hydrogen-bond acceptors (Lipinski definition) is 6. The molecule has 37 heavy (non-hydrogen) atoms. The molecular formula is C31H50O6. The van der Waals surface area contributed by atoms with Crippen LogP contribution in [0.2, 0.25) is 0 Å². The maximum absolute atomic E-state index is 12.6. The van der Waals surface area contributed by atoms with Gasteiger partial charge in [0.2, 0.25) is 0 Å². The molecule has 6 nitrogen and oxygen atoms in total. The summed E-state index contributed by atoms with van der Waals surface area (Å²) in [6.07, 6.45) is 12.4. The van der Waals surface area contributed by atoms with Crippen LogP contribution in [0.25, 0.3) is 0 Å². The van der Waals surface area contributed by atoms with Crippen molar-refractivity contribution in [3.05, 3.63) is 11.6 Å². The average Bonchev–Trinajstić information content (AvgIpc) is 3.48. The number of cyclic esters (lactones) is 1. The fraction of sp³-hybridized carbons (Fsp3) is 0.871. The number of rotatable bonds is 9. The lowest BCUT2D eigenvalue weighted by Crippen LogP contribution is -2.72. The lowest BCUT2D eigenvalue weighted by molar-refractivity contribution is -0.290. The second kappa shape index (κ2) is 11.0. The Morgan fingerprint density at radius 1 is 1.19 bits per heavy atom. The summed E-state index contributed by atoms with van der Waals surface area (Å²) in [5, 5.41) is 24.2. The summed E-state index contributed by atoms with van der Waals surface area (Å²) in [6, 6.07) is 0. The summed E-state index contributed by atoms with van der Waals surface area (Å²) in [5.41, 5.74) is -1.22. The summed E-state index contributed by atoms with van der Waals surface area (Å²) >= 11 is 0. The number of hydrogen-bond donors (Lipinski definition) is 2. The minimum Gasteiger partial charge on any atom is -0.462 e. The molecule has 210 valence electrons. The molecule has 3 saturated carbocycles. The lowest BCUT2D eigenvalue weighted by Gasteiger charge is -2.67. The maximum Gasteiger partial charge on any atom is 0.331 e. The van der Waals surface area contributed by atoms with Gasteiger partial charge in [-0.05, 0) is 73.7 Å². The lowest BCUT2D eigenvalue weighted by atomic mass is 9.40. The van der Waals surface area contributed by atoms with Gasteiger partial charge in [0.05, 0.1) is 11.7 Å². The summed E-state index contributed by atoms with van der Waals surface area (Å²) < 4.78 is 11.2. The SMILES string of the molecule is CCCCCC1CCC(C2(C)CCC(O)C3(C)C2C(OC(C)=O)CC(C)C3(O)CCC2=CC(=O)OC2)C1. The Morgan fingerprint density at radius 3 is 2.59 bits per heavy atom. The molecule has 0 spiro atoms. The normalized spacial score (nSPS) is 43.8. The molecule has 1 heterocycles. The topological polar surface area (TPSA) is 93.1 Å². The molecule has 1 aliphatic heterocycles. The van der Waals surface area contributed by atoms with E-state index in [1.807, 2.05) is 6.92 Å². The third-order valence-electron chi connectivity index (χ3n) is 11.3. The molecule has 0 amide bonds. The van der Waals surface area contributed by atoms with Crippen LogP contribution in [0.3, 0.4) is 0 Å². The Bertz CT molecular complexity index is 883. The van der Waals surface area contributed by atoms with E-state index in [-0.39, 0.29) is 41.9 Å². The zero-order valence-electron chi connectivity index (χ0n) is 23.8. The van der Waals surface area contributed by atoms with Crippen LogP contribution in [0.15, 0.2) is 11.6 Å². The van der Waals surface area contributed by atoms with Gasteiger partial charge in [0.1, 0.15) is 12.7 Å². The Balaban J connectivity index is 1.67. The smallest absolute Gasteiger partial charge is 0.331 e. The van der Waals surface area contributed by atoms with Crippen molar-refractivity contribution in [2.75, 3.05) is 6.61 Å². The van der Waals surface area contributed by atoms with E-state index in [4.69, 9.17) is 9.47 Å². The number of esters is 2. The van der Waals surface area contributed by atoms with Crippen LogP contribution < -0.4 is 0 Å². The van der Waals surface area contributed by atoms with E-state index in [1.54, 1.807) is 0 Å². The first kappa shape index (κ1) is 28.6. The summed E-state index contributed by atoms with van der Waals surface area (Å²) in [5.74, 6) is 0.325. The van der Waals surface area contributed by atoms with E-state index in [0.29, 0.717) is 31.6 Å². The molecule has 4 rings (SSSR count). The second-order valence-corrected chi connectivity index (χ2v) is 13.3. The minimum atomic E-state index is -1.15. The first-order valence-electron chi connectivity index (χ1n) is 14.9. The van der Waals surface area contributed by atoms with Crippen LogP contribution >= 0.6 is 0 Å². The van der Waals surface area contributed by atoms with Crippen molar-refractivity contribution >= 4 is 11.9 Å². The van der Waals surface area contributed by atoms with E-state index in [0.717, 1.165) is 17.9 Å². The van der Waals surface area contributed by atoms with Gasteiger partial charge in [0, 0.05) is 24.3 Å². The molecule has 0 bridgehead atoms. The highest BCUT2D eigenvalue weighted by Gasteiger charge is 2.70. The van der Waals surface area contributed by atoms with Crippen LogP contribution in [0.5, 0.6) is 0 Å². The zero-order valence-corrected chi connectivity index (χ0v) is 23.8. The van der Waals surface area contributed by atoms with Crippen LogP contribution in [0.1, 0.15) is 112 Å². The van der Waals surface area contributed by atoms with Gasteiger partial charge in [0.25, 0.3) is 0 Å². The van der Waals surface area contributed by atoms with Gasteiger partial charge in [-0.25, -0.2) is 4.79 Å². The van der Waals surface area contributed by atoms with Crippen molar-refractivity contribution in [1.29, 1.82) is 0 Å². The maximum atomic E-state index is 12.6. The first-order valence-corrected chi connectivity index (χ1v) is 14.9. The van der Waals surface area contributed by atoms with Gasteiger partial charge >= 0.3 is 11.9 Å². The summed E-state index contributed by atoms with van der Waals surface area (Å²) in [7, 11) is 0. The predicted molar refractivity (Wildman–Crippen MR) is 142 cm³/mol. The highest BCUT2D eigenvalue weighted by Crippen LogP contribution is 2.68. The summed E-state index contributed by atoms with van der Waals surface area (Å²) in [6.45, 7) is 10.5. The van der Waals surface area contributed by atoms with Crippen molar-refractivity contribution in [3.8, 4) is 0 Å². The van der Waals surface area contributed by atoms with Gasteiger partial charge in [-0.3, -0.25) is 4.79 Å². The number of carbonyl (C=O) groups excluding carboxylic acids is 2. The van der Waals surface area contributed by atoms with Gasteiger partial charge in [-0.1, -0.05) is 59.8 Å². The molecule has 3 fully saturated rings. The van der Waals surface area contributed by atoms with E-state index in [1.165, 1.54) is 57.9 Å². The first-order chi connectivity index (χ1) is 17.5. The third-order valence-corrected chi connectivity index (χ3v) is 11.3. The molecule has 0 aromatic rings. The van der Waals surface area contributed by atoms with Gasteiger partial charge in [0.15, 0.2) is 0 Å². The molecule has 9 atom stereocenters. The number of aliphatic hydroxyl groups is 2. The minimum absolute atomic E-state index is 0.132. The molecule has 0 saturated heterocycles. The fourth-order valence-electron chi connectivity index (χ4n) is 9.21. The molecule has 0 radical (unpaired) electrons. The predicted octanol–water partition coefficient (Wildman–Crippen LogP) is 5.73. The third kappa shape index (κ3) is 5.14. The number of carbonyl (C=O) groups is 2. The highest BCUT2D eigenvalue weighted by atomic mass is 16.5. The Hall–Kier alpha value is -1.40. The van der Waals surface area contributed by atoms with E-state index in [2.05, 4.69) is 20.8 Å². The fourth-order valence-corrected chi connectivity index (χ4v) is 9.21. The highest BCUT2D eigenvalue weighted by molar-refractivity contribution is 5.85. The molecule has 4 aliphatic rings. The molecule has 6 heteroatoms. The summed E-state index contributed by atoms with van der Waals surface area (Å²) in [4.78, 5) is 23.9. The molecular weight excluding hydrogens is 468 g/mol. The van der Waals surface area contributed by atoms with Crippen LogP contribution in [-0.4, -0.2) is 46.6 Å². The second-order valence-electron chi connectivity index (χ2n) is 13.3. The number of fused-ring (bicyclic) bond motifs is 1. The number of aliphatic hydroxyl groups excluding tert-OH is 1. The quantitative estimate of drug-likeness (QED) is 0.299. The molecule has 3 aliphatic carbocycles. The van der Waals surface area contributed by atoms with Crippen molar-refractivity contribution < 1.29 is 29.3 Å². The number of unbranched alkanes of at least 4 members (excludes halogenated alkanes) is 2. The van der Waals surface area contributed by atoms with E-state index >= 15 is 0 Å². The van der Waals surface area contributed by atoms with Crippen LogP contribution in [0.4, 0.5) is 0 Å².